The molecule has 3 rings (SSSR count). The molecule has 5 nitrogen and oxygen atoms in total. The third-order valence-corrected chi connectivity index (χ3v) is 4.99. The van der Waals surface area contributed by atoms with E-state index in [0.717, 1.165) is 20.3 Å². The fourth-order valence-corrected chi connectivity index (χ4v) is 3.54. The number of hydrogen-bond donors (Lipinski definition) is 1. The quantitative estimate of drug-likeness (QED) is 0.727. The normalized spacial score (nSPS) is 10.7. The maximum Gasteiger partial charge on any atom is 0.262 e. The zero-order valence-electron chi connectivity index (χ0n) is 12.6. The van der Waals surface area contributed by atoms with Crippen LogP contribution in [0.1, 0.15) is 10.4 Å². The number of aromatic nitrogens is 2. The first kappa shape index (κ1) is 15.9. The van der Waals surface area contributed by atoms with Crippen molar-refractivity contribution in [1.82, 2.24) is 9.97 Å². The smallest absolute Gasteiger partial charge is 0.262 e. The van der Waals surface area contributed by atoms with Crippen LogP contribution in [0.4, 0.5) is 5.69 Å². The van der Waals surface area contributed by atoms with E-state index in [4.69, 9.17) is 4.74 Å². The molecule has 0 unspecified atom stereocenters. The number of aryl methyl sites for hydroxylation is 2. The molecule has 0 radical (unpaired) electrons. The lowest BCUT2D eigenvalue weighted by molar-refractivity contribution is -0.118. The van der Waals surface area contributed by atoms with Crippen LogP contribution in [0.25, 0.3) is 10.2 Å². The van der Waals surface area contributed by atoms with Gasteiger partial charge in [0.05, 0.1) is 5.39 Å². The van der Waals surface area contributed by atoms with E-state index in [2.05, 4.69) is 31.2 Å². The molecule has 118 valence electrons. The maximum absolute atomic E-state index is 12.0. The van der Waals surface area contributed by atoms with E-state index in [0.29, 0.717) is 11.6 Å². The molecule has 0 bridgehead atoms. The lowest BCUT2D eigenvalue weighted by atomic mass is 10.2. The van der Waals surface area contributed by atoms with Crippen LogP contribution in [0, 0.1) is 13.8 Å². The van der Waals surface area contributed by atoms with Gasteiger partial charge in [0.15, 0.2) is 6.61 Å². The van der Waals surface area contributed by atoms with Gasteiger partial charge in [0.2, 0.25) is 5.88 Å². The number of rotatable bonds is 4. The van der Waals surface area contributed by atoms with E-state index in [9.17, 15) is 4.79 Å². The molecule has 2 aromatic heterocycles. The van der Waals surface area contributed by atoms with Gasteiger partial charge in [-0.15, -0.1) is 11.3 Å². The van der Waals surface area contributed by atoms with Gasteiger partial charge in [-0.05, 0) is 37.6 Å². The van der Waals surface area contributed by atoms with Gasteiger partial charge in [-0.25, -0.2) is 9.97 Å². The first-order valence-electron chi connectivity index (χ1n) is 6.93. The molecule has 7 heteroatoms. The number of carbonyl (C=O) groups is 1. The largest absolute Gasteiger partial charge is 0.467 e. The van der Waals surface area contributed by atoms with Gasteiger partial charge in [-0.1, -0.05) is 22.0 Å². The first-order valence-corrected chi connectivity index (χ1v) is 8.54. The molecule has 0 aliphatic heterocycles. The fourth-order valence-electron chi connectivity index (χ4n) is 2.16. The third kappa shape index (κ3) is 3.51. The van der Waals surface area contributed by atoms with Crippen LogP contribution in [-0.2, 0) is 4.79 Å². The molecule has 0 aliphatic rings. The summed E-state index contributed by atoms with van der Waals surface area (Å²) in [5.41, 5.74) is 1.80. The van der Waals surface area contributed by atoms with E-state index in [1.807, 2.05) is 38.1 Å². The van der Waals surface area contributed by atoms with Crippen molar-refractivity contribution in [3.8, 4) is 5.88 Å². The number of carbonyl (C=O) groups excluding carboxylic acids is 1. The molecule has 1 amide bonds. The number of thiophene rings is 1. The molecule has 0 fully saturated rings. The van der Waals surface area contributed by atoms with E-state index in [1.54, 1.807) is 11.3 Å². The van der Waals surface area contributed by atoms with Gasteiger partial charge >= 0.3 is 0 Å². The molecular formula is C16H14BrN3O2S. The zero-order chi connectivity index (χ0) is 16.4. The highest BCUT2D eigenvalue weighted by atomic mass is 79.9. The molecule has 23 heavy (non-hydrogen) atoms. The molecule has 0 saturated carbocycles. The second-order valence-corrected chi connectivity index (χ2v) is 7.11. The van der Waals surface area contributed by atoms with Gasteiger partial charge in [-0.2, -0.15) is 0 Å². The van der Waals surface area contributed by atoms with Crippen LogP contribution in [-0.4, -0.2) is 22.5 Å². The number of nitrogens with zero attached hydrogens (tertiary/aromatic N) is 2. The Morgan fingerprint density at radius 1 is 1.35 bits per heavy atom. The summed E-state index contributed by atoms with van der Waals surface area (Å²) >= 11 is 4.96. The molecular weight excluding hydrogens is 378 g/mol. The highest BCUT2D eigenvalue weighted by molar-refractivity contribution is 9.10. The second-order valence-electron chi connectivity index (χ2n) is 4.99. The van der Waals surface area contributed by atoms with Crippen LogP contribution in [0.5, 0.6) is 5.88 Å². The van der Waals surface area contributed by atoms with E-state index in [1.165, 1.54) is 11.2 Å². The van der Waals surface area contributed by atoms with Crippen LogP contribution < -0.4 is 10.1 Å². The monoisotopic (exact) mass is 391 g/mol. The summed E-state index contributed by atoms with van der Waals surface area (Å²) in [5.74, 6) is 0.209. The van der Waals surface area contributed by atoms with Crippen LogP contribution in [0.3, 0.4) is 0 Å². The Morgan fingerprint density at radius 3 is 2.96 bits per heavy atom. The number of fused-ring (bicyclic) bond motifs is 1. The SMILES string of the molecule is Cc1sc2ncnc(OCC(=O)Nc3cccc(Br)c3)c2c1C. The topological polar surface area (TPSA) is 64.1 Å². The number of benzene rings is 1. The molecule has 1 N–H and O–H groups in total. The average molecular weight is 392 g/mol. The first-order chi connectivity index (χ1) is 11.0. The Bertz CT molecular complexity index is 879. The van der Waals surface area contributed by atoms with Gasteiger partial charge in [-0.3, -0.25) is 4.79 Å². The summed E-state index contributed by atoms with van der Waals surface area (Å²) in [5, 5.41) is 3.67. The van der Waals surface area contributed by atoms with Crippen molar-refractivity contribution in [2.24, 2.45) is 0 Å². The molecule has 0 aliphatic carbocycles. The van der Waals surface area contributed by atoms with Crippen molar-refractivity contribution in [3.63, 3.8) is 0 Å². The standard InChI is InChI=1S/C16H14BrN3O2S/c1-9-10(2)23-16-14(9)15(18-8-19-16)22-7-13(21)20-12-5-3-4-11(17)6-12/h3-6,8H,7H2,1-2H3,(H,20,21). The third-order valence-electron chi connectivity index (χ3n) is 3.38. The van der Waals surface area contributed by atoms with Crippen molar-refractivity contribution in [3.05, 3.63) is 45.5 Å². The maximum atomic E-state index is 12.0. The summed E-state index contributed by atoms with van der Waals surface area (Å²) in [6.45, 7) is 3.93. The predicted octanol–water partition coefficient (Wildman–Crippen LogP) is 4.09. The number of halogens is 1. The Balaban J connectivity index is 1.72. The highest BCUT2D eigenvalue weighted by Gasteiger charge is 2.14. The Labute approximate surface area is 145 Å². The minimum atomic E-state index is -0.237. The van der Waals surface area contributed by atoms with Crippen LogP contribution >= 0.6 is 27.3 Å². The number of hydrogen-bond acceptors (Lipinski definition) is 5. The van der Waals surface area contributed by atoms with Crippen molar-refractivity contribution < 1.29 is 9.53 Å². The zero-order valence-corrected chi connectivity index (χ0v) is 15.0. The number of nitrogens with one attached hydrogen (secondary N) is 1. The van der Waals surface area contributed by atoms with E-state index >= 15 is 0 Å². The summed E-state index contributed by atoms with van der Waals surface area (Å²) in [6, 6.07) is 7.39. The Kier molecular flexibility index (Phi) is 4.58. The van der Waals surface area contributed by atoms with E-state index < -0.39 is 0 Å². The lowest BCUT2D eigenvalue weighted by Gasteiger charge is -2.08. The van der Waals surface area contributed by atoms with E-state index in [-0.39, 0.29) is 12.5 Å². The number of anilines is 1. The summed E-state index contributed by atoms with van der Waals surface area (Å²) in [7, 11) is 0. The molecule has 0 saturated heterocycles. The molecule has 0 atom stereocenters. The molecule has 2 heterocycles. The number of amides is 1. The average Bonchev–Trinajstić information content (AvgIpc) is 2.81. The van der Waals surface area contributed by atoms with Crippen molar-refractivity contribution in [2.45, 2.75) is 13.8 Å². The lowest BCUT2D eigenvalue weighted by Crippen LogP contribution is -2.20. The molecule has 1 aromatic carbocycles. The van der Waals surface area contributed by atoms with Crippen molar-refractivity contribution >= 4 is 49.1 Å². The Morgan fingerprint density at radius 2 is 2.17 bits per heavy atom. The fraction of sp³-hybridized carbons (Fsp3) is 0.188. The number of ether oxygens (including phenoxy) is 1. The van der Waals surface area contributed by atoms with Gasteiger partial charge in [0, 0.05) is 15.0 Å². The predicted molar refractivity (Wildman–Crippen MR) is 95.2 cm³/mol. The summed E-state index contributed by atoms with van der Waals surface area (Å²) < 4.78 is 6.51. The highest BCUT2D eigenvalue weighted by Crippen LogP contribution is 2.33. The van der Waals surface area contributed by atoms with Gasteiger partial charge in [0.1, 0.15) is 11.2 Å². The minimum absolute atomic E-state index is 0.104. The summed E-state index contributed by atoms with van der Waals surface area (Å²) in [4.78, 5) is 22.5. The van der Waals surface area contributed by atoms with Crippen LogP contribution in [0.2, 0.25) is 0 Å². The van der Waals surface area contributed by atoms with Gasteiger partial charge < -0.3 is 10.1 Å². The molecule has 3 aromatic rings. The van der Waals surface area contributed by atoms with Crippen molar-refractivity contribution in [1.29, 1.82) is 0 Å². The van der Waals surface area contributed by atoms with Crippen LogP contribution in [0.15, 0.2) is 35.1 Å². The summed E-state index contributed by atoms with van der Waals surface area (Å²) in [6.07, 6.45) is 1.46. The van der Waals surface area contributed by atoms with Crippen molar-refractivity contribution in [2.75, 3.05) is 11.9 Å². The van der Waals surface area contributed by atoms with Gasteiger partial charge in [0.25, 0.3) is 5.91 Å². The molecule has 0 spiro atoms. The minimum Gasteiger partial charge on any atom is -0.467 e. The second kappa shape index (κ2) is 6.64. The Hall–Kier alpha value is -1.99.